The number of halogens is 1. The van der Waals surface area contributed by atoms with Gasteiger partial charge in [-0.25, -0.2) is 4.39 Å². The minimum atomic E-state index is -0.201. The predicted molar refractivity (Wildman–Crippen MR) is 85.0 cm³/mol. The van der Waals surface area contributed by atoms with Crippen molar-refractivity contribution in [3.05, 3.63) is 35.6 Å². The van der Waals surface area contributed by atoms with Gasteiger partial charge < -0.3 is 10.2 Å². The van der Waals surface area contributed by atoms with Gasteiger partial charge in [-0.15, -0.1) is 0 Å². The van der Waals surface area contributed by atoms with Crippen LogP contribution in [0.4, 0.5) is 4.39 Å². The van der Waals surface area contributed by atoms with Crippen molar-refractivity contribution in [2.45, 2.75) is 45.2 Å². The molecule has 1 aromatic rings. The fourth-order valence-electron chi connectivity index (χ4n) is 2.73. The van der Waals surface area contributed by atoms with Crippen LogP contribution in [0.2, 0.25) is 0 Å². The zero-order valence-corrected chi connectivity index (χ0v) is 13.0. The van der Waals surface area contributed by atoms with Crippen molar-refractivity contribution in [3.63, 3.8) is 0 Å². The molecular weight excluding hydrogens is 271 g/mol. The van der Waals surface area contributed by atoms with E-state index >= 15 is 0 Å². The topological polar surface area (TPSA) is 15.3 Å². The number of thiocarbonyl (C=S) groups is 1. The average molecular weight is 294 g/mol. The van der Waals surface area contributed by atoms with E-state index in [4.69, 9.17) is 12.2 Å². The summed E-state index contributed by atoms with van der Waals surface area (Å²) in [5.41, 5.74) is 1.06. The second-order valence-corrected chi connectivity index (χ2v) is 6.19. The molecule has 0 amide bonds. The van der Waals surface area contributed by atoms with Crippen molar-refractivity contribution in [2.24, 2.45) is 5.92 Å². The Balaban J connectivity index is 1.86. The Morgan fingerprint density at radius 3 is 2.60 bits per heavy atom. The average Bonchev–Trinajstić information content (AvgIpc) is 2.44. The minimum absolute atomic E-state index is 0.201. The summed E-state index contributed by atoms with van der Waals surface area (Å²) in [5, 5.41) is 4.27. The first-order valence-corrected chi connectivity index (χ1v) is 7.73. The number of rotatable bonds is 3. The largest absolute Gasteiger partial charge is 0.360 e. The number of nitrogens with zero attached hydrogens (tertiary/aromatic N) is 1. The van der Waals surface area contributed by atoms with Crippen LogP contribution >= 0.6 is 12.2 Å². The van der Waals surface area contributed by atoms with Crippen LogP contribution in [0, 0.1) is 11.7 Å². The molecule has 0 saturated heterocycles. The molecule has 1 aliphatic rings. The number of hydrogen-bond acceptors (Lipinski definition) is 1. The number of nitrogens with one attached hydrogen (secondary N) is 1. The van der Waals surface area contributed by atoms with Crippen molar-refractivity contribution in [1.82, 2.24) is 10.2 Å². The second-order valence-electron chi connectivity index (χ2n) is 5.80. The molecule has 0 spiro atoms. The van der Waals surface area contributed by atoms with Gasteiger partial charge in [0.1, 0.15) is 5.82 Å². The zero-order valence-electron chi connectivity index (χ0n) is 12.2. The summed E-state index contributed by atoms with van der Waals surface area (Å²) in [6, 6.07) is 7.08. The van der Waals surface area contributed by atoms with Gasteiger partial charge >= 0.3 is 0 Å². The summed E-state index contributed by atoms with van der Waals surface area (Å²) in [5.74, 6) is 0.481. The molecule has 1 aromatic carbocycles. The van der Waals surface area contributed by atoms with Crippen LogP contribution in [0.3, 0.4) is 0 Å². The van der Waals surface area contributed by atoms with E-state index in [1.54, 1.807) is 12.1 Å². The monoisotopic (exact) mass is 294 g/mol. The van der Waals surface area contributed by atoms with Gasteiger partial charge in [-0.3, -0.25) is 0 Å². The minimum Gasteiger partial charge on any atom is -0.360 e. The van der Waals surface area contributed by atoms with E-state index in [9.17, 15) is 4.39 Å². The lowest BCUT2D eigenvalue weighted by atomic mass is 9.86. The Morgan fingerprint density at radius 1 is 1.30 bits per heavy atom. The van der Waals surface area contributed by atoms with E-state index in [1.807, 2.05) is 11.9 Å². The smallest absolute Gasteiger partial charge is 0.169 e. The van der Waals surface area contributed by atoms with Gasteiger partial charge in [0.05, 0.1) is 0 Å². The predicted octanol–water partition coefficient (Wildman–Crippen LogP) is 3.71. The van der Waals surface area contributed by atoms with Gasteiger partial charge in [0.15, 0.2) is 5.11 Å². The van der Waals surface area contributed by atoms with Crippen molar-refractivity contribution in [1.29, 1.82) is 0 Å². The van der Waals surface area contributed by atoms with Crippen LogP contribution in [0.15, 0.2) is 24.3 Å². The highest BCUT2D eigenvalue weighted by Gasteiger charge is 2.22. The van der Waals surface area contributed by atoms with Crippen LogP contribution in [0.5, 0.6) is 0 Å². The molecule has 0 radical (unpaired) electrons. The molecule has 0 aliphatic heterocycles. The first kappa shape index (κ1) is 15.2. The zero-order chi connectivity index (χ0) is 14.5. The first-order chi connectivity index (χ1) is 9.56. The van der Waals surface area contributed by atoms with Gasteiger partial charge in [0.25, 0.3) is 0 Å². The molecule has 0 bridgehead atoms. The highest BCUT2D eigenvalue weighted by molar-refractivity contribution is 7.80. The third-order valence-corrected chi connectivity index (χ3v) is 4.53. The number of hydrogen-bond donors (Lipinski definition) is 1. The third-order valence-electron chi connectivity index (χ3n) is 4.10. The van der Waals surface area contributed by atoms with Gasteiger partial charge in [0, 0.05) is 19.6 Å². The Labute approximate surface area is 126 Å². The van der Waals surface area contributed by atoms with Gasteiger partial charge in [-0.2, -0.15) is 0 Å². The maximum Gasteiger partial charge on any atom is 0.169 e. The Kier molecular flexibility index (Phi) is 5.35. The van der Waals surface area contributed by atoms with Crippen LogP contribution in [-0.4, -0.2) is 23.1 Å². The van der Waals surface area contributed by atoms with Crippen LogP contribution in [0.1, 0.15) is 38.2 Å². The normalized spacial score (nSPS) is 22.4. The summed E-state index contributed by atoms with van der Waals surface area (Å²) in [6.07, 6.45) is 5.09. The summed E-state index contributed by atoms with van der Waals surface area (Å²) in [4.78, 5) is 2.02. The molecule has 0 aromatic heterocycles. The summed E-state index contributed by atoms with van der Waals surface area (Å²) < 4.78 is 12.9. The molecule has 1 N–H and O–H groups in total. The molecule has 2 atom stereocenters. The van der Waals surface area contributed by atoms with Gasteiger partial charge in [0.2, 0.25) is 0 Å². The van der Waals surface area contributed by atoms with Crippen LogP contribution in [0.25, 0.3) is 0 Å². The summed E-state index contributed by atoms with van der Waals surface area (Å²) in [6.45, 7) is 2.99. The molecule has 1 saturated carbocycles. The highest BCUT2D eigenvalue weighted by Crippen LogP contribution is 2.23. The number of benzene rings is 1. The van der Waals surface area contributed by atoms with Crippen molar-refractivity contribution in [2.75, 3.05) is 7.05 Å². The van der Waals surface area contributed by atoms with E-state index in [0.717, 1.165) is 10.7 Å². The first-order valence-electron chi connectivity index (χ1n) is 7.32. The fraction of sp³-hybridized carbons (Fsp3) is 0.562. The lowest BCUT2D eigenvalue weighted by Crippen LogP contribution is -2.46. The van der Waals surface area contributed by atoms with Crippen LogP contribution in [-0.2, 0) is 6.54 Å². The van der Waals surface area contributed by atoms with E-state index in [2.05, 4.69) is 12.2 Å². The van der Waals surface area contributed by atoms with Crippen molar-refractivity contribution in [3.8, 4) is 0 Å². The molecular formula is C16H23FN2S. The second kappa shape index (κ2) is 7.02. The quantitative estimate of drug-likeness (QED) is 0.856. The lowest BCUT2D eigenvalue weighted by molar-refractivity contribution is 0.300. The molecule has 20 heavy (non-hydrogen) atoms. The standard InChI is InChI=1S/C16H23FN2S/c1-12-5-3-4-6-15(12)18-16(20)19(2)11-13-7-9-14(17)10-8-13/h7-10,12,15H,3-6,11H2,1-2H3,(H,18,20)/t12-,15-/m0/s1. The molecule has 1 fully saturated rings. The van der Waals surface area contributed by atoms with Crippen LogP contribution < -0.4 is 5.32 Å². The molecule has 110 valence electrons. The molecule has 2 rings (SSSR count). The molecule has 0 heterocycles. The molecule has 4 heteroatoms. The lowest BCUT2D eigenvalue weighted by Gasteiger charge is -2.33. The van der Waals surface area contributed by atoms with Crippen molar-refractivity contribution < 1.29 is 4.39 Å². The third kappa shape index (κ3) is 4.17. The maximum absolute atomic E-state index is 12.9. The summed E-state index contributed by atoms with van der Waals surface area (Å²) >= 11 is 5.48. The highest BCUT2D eigenvalue weighted by atomic mass is 32.1. The van der Waals surface area contributed by atoms with E-state index < -0.39 is 0 Å². The molecule has 1 aliphatic carbocycles. The SMILES string of the molecule is C[C@H]1CCCC[C@@H]1NC(=S)N(C)Cc1ccc(F)cc1. The maximum atomic E-state index is 12.9. The molecule has 0 unspecified atom stereocenters. The van der Waals surface area contributed by atoms with E-state index in [-0.39, 0.29) is 5.82 Å². The van der Waals surface area contributed by atoms with Crippen molar-refractivity contribution >= 4 is 17.3 Å². The van der Waals surface area contributed by atoms with Gasteiger partial charge in [-0.1, -0.05) is 31.9 Å². The Morgan fingerprint density at radius 2 is 1.95 bits per heavy atom. The summed E-state index contributed by atoms with van der Waals surface area (Å²) in [7, 11) is 1.98. The fourth-order valence-corrected chi connectivity index (χ4v) is 2.95. The Bertz CT molecular complexity index is 446. The molecule has 2 nitrogen and oxygen atoms in total. The Hall–Kier alpha value is -1.16. The van der Waals surface area contributed by atoms with Gasteiger partial charge in [-0.05, 0) is 48.7 Å². The van der Waals surface area contributed by atoms with E-state index in [0.29, 0.717) is 18.5 Å². The van der Waals surface area contributed by atoms with E-state index in [1.165, 1.54) is 37.8 Å².